The van der Waals surface area contributed by atoms with Crippen molar-refractivity contribution in [3.05, 3.63) is 65.5 Å². The zero-order chi connectivity index (χ0) is 18.4. The molecule has 0 bridgehead atoms. The fraction of sp³-hybridized carbons (Fsp3) is 0.263. The lowest BCUT2D eigenvalue weighted by Crippen LogP contribution is -2.43. The number of amides is 2. The zero-order valence-corrected chi connectivity index (χ0v) is 14.2. The van der Waals surface area contributed by atoms with Crippen molar-refractivity contribution >= 4 is 11.7 Å². The molecule has 0 aliphatic heterocycles. The molecule has 0 radical (unpaired) electrons. The number of halogens is 1. The Labute approximate surface area is 146 Å². The molecule has 0 fully saturated rings. The molecule has 25 heavy (non-hydrogen) atoms. The van der Waals surface area contributed by atoms with Gasteiger partial charge >= 0.3 is 6.03 Å². The maximum absolute atomic E-state index is 13.2. The van der Waals surface area contributed by atoms with Gasteiger partial charge in [0.2, 0.25) is 0 Å². The fourth-order valence-corrected chi connectivity index (χ4v) is 2.38. The van der Waals surface area contributed by atoms with Crippen molar-refractivity contribution in [1.29, 1.82) is 5.26 Å². The van der Waals surface area contributed by atoms with Crippen molar-refractivity contribution in [1.82, 2.24) is 4.90 Å². The standard InChI is InChI=1S/C19H20FN3O2/c1-19(2,25)13-23(12-14-6-4-3-5-7-14)18(24)22-17-9-8-16(20)10-15(17)11-21/h3-10,25H,12-13H2,1-2H3,(H,22,24). The molecule has 0 aliphatic rings. The summed E-state index contributed by atoms with van der Waals surface area (Å²) in [5, 5.41) is 21.8. The summed E-state index contributed by atoms with van der Waals surface area (Å²) in [5.74, 6) is -0.549. The van der Waals surface area contributed by atoms with Crippen LogP contribution < -0.4 is 5.32 Å². The zero-order valence-electron chi connectivity index (χ0n) is 14.2. The Balaban J connectivity index is 2.22. The van der Waals surface area contributed by atoms with Crippen LogP contribution in [0.4, 0.5) is 14.9 Å². The number of nitrogens with one attached hydrogen (secondary N) is 1. The summed E-state index contributed by atoms with van der Waals surface area (Å²) in [6.45, 7) is 3.60. The van der Waals surface area contributed by atoms with E-state index in [0.29, 0.717) is 6.54 Å². The average molecular weight is 341 g/mol. The van der Waals surface area contributed by atoms with Crippen molar-refractivity contribution in [3.63, 3.8) is 0 Å². The number of benzene rings is 2. The molecule has 0 heterocycles. The van der Waals surface area contributed by atoms with E-state index in [0.717, 1.165) is 11.6 Å². The largest absolute Gasteiger partial charge is 0.389 e. The Bertz CT molecular complexity index is 779. The van der Waals surface area contributed by atoms with Gasteiger partial charge in [-0.1, -0.05) is 30.3 Å². The van der Waals surface area contributed by atoms with Gasteiger partial charge in [-0.3, -0.25) is 0 Å². The van der Waals surface area contributed by atoms with Crippen molar-refractivity contribution in [2.75, 3.05) is 11.9 Å². The number of carbonyl (C=O) groups is 1. The number of nitrogens with zero attached hydrogens (tertiary/aromatic N) is 2. The van der Waals surface area contributed by atoms with Crippen LogP contribution in [-0.4, -0.2) is 28.2 Å². The number of anilines is 1. The lowest BCUT2D eigenvalue weighted by atomic mass is 10.1. The van der Waals surface area contributed by atoms with Crippen molar-refractivity contribution in [2.45, 2.75) is 26.0 Å². The molecule has 130 valence electrons. The first kappa shape index (κ1) is 18.4. The van der Waals surface area contributed by atoms with Crippen LogP contribution in [0.1, 0.15) is 25.0 Å². The van der Waals surface area contributed by atoms with Gasteiger partial charge in [0.05, 0.1) is 23.4 Å². The summed E-state index contributed by atoms with van der Waals surface area (Å²) in [5.41, 5.74) is 0.0768. The van der Waals surface area contributed by atoms with Gasteiger partial charge < -0.3 is 15.3 Å². The predicted octanol–water partition coefficient (Wildman–Crippen LogP) is 3.50. The first-order valence-electron chi connectivity index (χ1n) is 7.80. The molecule has 2 aromatic rings. The van der Waals surface area contributed by atoms with E-state index in [2.05, 4.69) is 5.32 Å². The Kier molecular flexibility index (Phi) is 5.73. The Morgan fingerprint density at radius 2 is 1.96 bits per heavy atom. The van der Waals surface area contributed by atoms with Crippen LogP contribution in [0, 0.1) is 17.1 Å². The summed E-state index contributed by atoms with van der Waals surface area (Å²) in [6.07, 6.45) is 0. The normalized spacial score (nSPS) is 10.8. The second-order valence-electron chi connectivity index (χ2n) is 6.39. The summed E-state index contributed by atoms with van der Waals surface area (Å²) in [7, 11) is 0. The van der Waals surface area contributed by atoms with Crippen LogP contribution in [0.25, 0.3) is 0 Å². The molecular weight excluding hydrogens is 321 g/mol. The minimum Gasteiger partial charge on any atom is -0.389 e. The molecule has 2 N–H and O–H groups in total. The minimum atomic E-state index is -1.09. The Morgan fingerprint density at radius 3 is 2.56 bits per heavy atom. The maximum atomic E-state index is 13.2. The quantitative estimate of drug-likeness (QED) is 0.874. The van der Waals surface area contributed by atoms with Crippen LogP contribution in [0.3, 0.4) is 0 Å². The average Bonchev–Trinajstić information content (AvgIpc) is 2.55. The number of carbonyl (C=O) groups excluding carboxylic acids is 1. The lowest BCUT2D eigenvalue weighted by Gasteiger charge is -2.29. The molecule has 0 atom stereocenters. The van der Waals surface area contributed by atoms with Crippen LogP contribution in [0.2, 0.25) is 0 Å². The molecule has 0 unspecified atom stereocenters. The van der Waals surface area contributed by atoms with Gasteiger partial charge in [0.25, 0.3) is 0 Å². The summed E-state index contributed by atoms with van der Waals surface area (Å²) >= 11 is 0. The molecule has 2 amide bonds. The van der Waals surface area contributed by atoms with E-state index in [9.17, 15) is 14.3 Å². The van der Waals surface area contributed by atoms with Crippen molar-refractivity contribution in [3.8, 4) is 6.07 Å². The number of nitriles is 1. The highest BCUT2D eigenvalue weighted by Crippen LogP contribution is 2.18. The molecule has 2 rings (SSSR count). The predicted molar refractivity (Wildman–Crippen MR) is 93.3 cm³/mol. The SMILES string of the molecule is CC(C)(O)CN(Cc1ccccc1)C(=O)Nc1ccc(F)cc1C#N. The third-order valence-corrected chi connectivity index (χ3v) is 3.42. The van der Waals surface area contributed by atoms with Crippen molar-refractivity contribution in [2.24, 2.45) is 0 Å². The highest BCUT2D eigenvalue weighted by atomic mass is 19.1. The highest BCUT2D eigenvalue weighted by Gasteiger charge is 2.23. The molecule has 0 aliphatic carbocycles. The molecule has 6 heteroatoms. The first-order chi connectivity index (χ1) is 11.8. The van der Waals surface area contributed by atoms with Gasteiger partial charge in [0, 0.05) is 6.54 Å². The van der Waals surface area contributed by atoms with E-state index in [1.807, 2.05) is 36.4 Å². The maximum Gasteiger partial charge on any atom is 0.322 e. The minimum absolute atomic E-state index is 0.0382. The highest BCUT2D eigenvalue weighted by molar-refractivity contribution is 5.90. The third kappa shape index (κ3) is 5.59. The smallest absolute Gasteiger partial charge is 0.322 e. The third-order valence-electron chi connectivity index (χ3n) is 3.42. The van der Waals surface area contributed by atoms with Crippen LogP contribution in [0.5, 0.6) is 0 Å². The monoisotopic (exact) mass is 341 g/mol. The molecular formula is C19H20FN3O2. The van der Waals surface area contributed by atoms with E-state index >= 15 is 0 Å². The molecule has 2 aromatic carbocycles. The number of aliphatic hydroxyl groups is 1. The first-order valence-corrected chi connectivity index (χ1v) is 7.80. The van der Waals surface area contributed by atoms with Crippen LogP contribution in [0.15, 0.2) is 48.5 Å². The number of rotatable bonds is 5. The van der Waals surface area contributed by atoms with Gasteiger partial charge in [0.1, 0.15) is 11.9 Å². The van der Waals surface area contributed by atoms with Gasteiger partial charge in [-0.25, -0.2) is 9.18 Å². The Morgan fingerprint density at radius 1 is 1.28 bits per heavy atom. The lowest BCUT2D eigenvalue weighted by molar-refractivity contribution is 0.0469. The van der Waals surface area contributed by atoms with E-state index in [1.54, 1.807) is 13.8 Å². The van der Waals surface area contributed by atoms with Crippen LogP contribution >= 0.6 is 0 Å². The van der Waals surface area contributed by atoms with Gasteiger partial charge in [0.15, 0.2) is 0 Å². The Hall–Kier alpha value is -2.91. The van der Waals surface area contributed by atoms with Gasteiger partial charge in [-0.2, -0.15) is 5.26 Å². The molecule has 0 spiro atoms. The number of hydrogen-bond acceptors (Lipinski definition) is 3. The topological polar surface area (TPSA) is 76.4 Å². The second kappa shape index (κ2) is 7.77. The summed E-state index contributed by atoms with van der Waals surface area (Å²) < 4.78 is 13.2. The molecule has 0 saturated heterocycles. The van der Waals surface area contributed by atoms with Gasteiger partial charge in [-0.15, -0.1) is 0 Å². The van der Waals surface area contributed by atoms with Crippen LogP contribution in [-0.2, 0) is 6.54 Å². The van der Waals surface area contributed by atoms with E-state index in [1.165, 1.54) is 17.0 Å². The van der Waals surface area contributed by atoms with Crippen molar-refractivity contribution < 1.29 is 14.3 Å². The fourth-order valence-electron chi connectivity index (χ4n) is 2.38. The molecule has 0 aromatic heterocycles. The number of urea groups is 1. The second-order valence-corrected chi connectivity index (χ2v) is 6.39. The van der Waals surface area contributed by atoms with E-state index in [-0.39, 0.29) is 17.8 Å². The molecule has 0 saturated carbocycles. The summed E-state index contributed by atoms with van der Waals surface area (Å²) in [4.78, 5) is 14.1. The number of hydrogen-bond donors (Lipinski definition) is 2. The molecule has 5 nitrogen and oxygen atoms in total. The summed E-state index contributed by atoms with van der Waals surface area (Å²) in [6, 6.07) is 14.3. The van der Waals surface area contributed by atoms with Gasteiger partial charge in [-0.05, 0) is 37.6 Å². The van der Waals surface area contributed by atoms with E-state index < -0.39 is 17.4 Å². The van der Waals surface area contributed by atoms with E-state index in [4.69, 9.17) is 5.26 Å².